The molecule has 0 radical (unpaired) electrons. The fourth-order valence-electron chi connectivity index (χ4n) is 3.81. The molecule has 0 aliphatic carbocycles. The molecule has 3 saturated heterocycles. The van der Waals surface area contributed by atoms with E-state index in [0.29, 0.717) is 6.61 Å². The Bertz CT molecular complexity index is 788. The molecule has 0 spiro atoms. The molecular formula is C19H24N2O5. The topological polar surface area (TPSA) is 68.3 Å². The summed E-state index contributed by atoms with van der Waals surface area (Å²) in [4.78, 5) is 28.6. The van der Waals surface area contributed by atoms with E-state index < -0.39 is 35.7 Å². The molecule has 0 aromatic heterocycles. The van der Waals surface area contributed by atoms with Gasteiger partial charge in [-0.1, -0.05) is 30.3 Å². The molecule has 0 bridgehead atoms. The van der Waals surface area contributed by atoms with Crippen LogP contribution in [0.3, 0.4) is 0 Å². The number of hydrogen-bond acceptors (Lipinski definition) is 5. The highest BCUT2D eigenvalue weighted by molar-refractivity contribution is 5.98. The van der Waals surface area contributed by atoms with Crippen molar-refractivity contribution in [1.29, 1.82) is 0 Å². The van der Waals surface area contributed by atoms with Crippen LogP contribution >= 0.6 is 0 Å². The monoisotopic (exact) mass is 362 g/mol. The second-order valence-electron chi connectivity index (χ2n) is 6.82. The first-order chi connectivity index (χ1) is 13.3. The average Bonchev–Trinajstić information content (AvgIpc) is 3.22. The Morgan fingerprint density at radius 2 is 1.81 bits per heavy atom. The van der Waals surface area contributed by atoms with E-state index in [2.05, 4.69) is 0 Å². The molecule has 2 amide bonds. The highest BCUT2D eigenvalue weighted by Gasteiger charge is 2.58. The van der Waals surface area contributed by atoms with Gasteiger partial charge in [0.1, 0.15) is 12.0 Å². The maximum Gasteiger partial charge on any atom is 0.246 e. The first kappa shape index (κ1) is 15.1. The van der Waals surface area contributed by atoms with E-state index in [1.54, 1.807) is 0 Å². The van der Waals surface area contributed by atoms with Gasteiger partial charge in [-0.3, -0.25) is 9.59 Å². The van der Waals surface area contributed by atoms with Crippen LogP contribution in [0.4, 0.5) is 0 Å². The Balaban J connectivity index is 1.55. The molecule has 7 heteroatoms. The molecule has 3 fully saturated rings. The standard InChI is InChI=1S/C19H24N2O5/c1-24-19(25-2)9-16-18(23)20-10-14(8-15(20)17(22)21(16)12-19)26-11-13-6-4-3-5-7-13/h3-7,14-16H,8-12H2,1-2H3/t14-,15+,16-/m0/s1/i15D,16D. The van der Waals surface area contributed by atoms with Crippen LogP contribution < -0.4 is 0 Å². The lowest BCUT2D eigenvalue weighted by molar-refractivity contribution is -0.196. The number of carbonyl (C=O) groups excluding carboxylic acids is 2. The first-order valence-electron chi connectivity index (χ1n) is 9.68. The summed E-state index contributed by atoms with van der Waals surface area (Å²) in [6, 6.07) is 5.99. The van der Waals surface area contributed by atoms with Crippen LogP contribution in [0.25, 0.3) is 0 Å². The van der Waals surface area contributed by atoms with E-state index in [-0.39, 0.29) is 25.9 Å². The van der Waals surface area contributed by atoms with Crippen molar-refractivity contribution in [2.75, 3.05) is 27.3 Å². The van der Waals surface area contributed by atoms with Crippen molar-refractivity contribution in [3.63, 3.8) is 0 Å². The molecule has 7 nitrogen and oxygen atoms in total. The quantitative estimate of drug-likeness (QED) is 0.724. The van der Waals surface area contributed by atoms with Crippen LogP contribution in [0.15, 0.2) is 30.3 Å². The number of hydrogen-bond donors (Lipinski definition) is 0. The Hall–Kier alpha value is -1.96. The number of carbonyl (C=O) groups is 2. The van der Waals surface area contributed by atoms with Gasteiger partial charge in [0.2, 0.25) is 11.8 Å². The number of benzene rings is 1. The number of rotatable bonds is 5. The molecule has 4 rings (SSSR count). The van der Waals surface area contributed by atoms with Gasteiger partial charge < -0.3 is 24.0 Å². The van der Waals surface area contributed by atoms with Gasteiger partial charge >= 0.3 is 0 Å². The van der Waals surface area contributed by atoms with Crippen LogP contribution in [-0.4, -0.2) is 72.9 Å². The van der Waals surface area contributed by atoms with Crippen molar-refractivity contribution < 1.29 is 26.5 Å². The van der Waals surface area contributed by atoms with E-state index in [9.17, 15) is 9.59 Å². The fraction of sp³-hybridized carbons (Fsp3) is 0.579. The molecule has 0 unspecified atom stereocenters. The fourth-order valence-corrected chi connectivity index (χ4v) is 3.81. The molecule has 140 valence electrons. The minimum absolute atomic E-state index is 0.0575. The lowest BCUT2D eigenvalue weighted by atomic mass is 10.1. The van der Waals surface area contributed by atoms with E-state index in [0.717, 1.165) is 10.5 Å². The van der Waals surface area contributed by atoms with Crippen molar-refractivity contribution in [2.45, 2.75) is 43.4 Å². The molecule has 0 N–H and O–H groups in total. The molecule has 3 aliphatic rings. The van der Waals surface area contributed by atoms with Gasteiger partial charge in [0.15, 0.2) is 5.79 Å². The van der Waals surface area contributed by atoms with Crippen LogP contribution in [-0.2, 0) is 30.4 Å². The van der Waals surface area contributed by atoms with Crippen LogP contribution in [0.2, 0.25) is 0 Å². The number of piperazine rings is 1. The second kappa shape index (κ2) is 6.64. The van der Waals surface area contributed by atoms with Crippen LogP contribution in [0, 0.1) is 0 Å². The third-order valence-corrected chi connectivity index (χ3v) is 5.35. The normalized spacial score (nSPS) is 36.6. The van der Waals surface area contributed by atoms with Gasteiger partial charge in [-0.05, 0) is 5.56 Å². The SMILES string of the molecule is [2H][C@@]12CC(OC)(OC)CN1C(=O)[C@@]1([2H])C[C@H](OCc3ccccc3)CN1C2=O. The van der Waals surface area contributed by atoms with Crippen molar-refractivity contribution in [2.24, 2.45) is 0 Å². The average molecular weight is 362 g/mol. The smallest absolute Gasteiger partial charge is 0.246 e. The summed E-state index contributed by atoms with van der Waals surface area (Å²) in [6.45, 7) is 0.393. The first-order valence-corrected chi connectivity index (χ1v) is 8.68. The highest BCUT2D eigenvalue weighted by atomic mass is 16.7. The van der Waals surface area contributed by atoms with Crippen molar-refractivity contribution >= 4 is 11.8 Å². The lowest BCUT2D eigenvalue weighted by Gasteiger charge is -2.38. The minimum Gasteiger partial charge on any atom is -0.372 e. The Labute approximate surface area is 155 Å². The third kappa shape index (κ3) is 2.80. The molecule has 26 heavy (non-hydrogen) atoms. The lowest BCUT2D eigenvalue weighted by Crippen LogP contribution is -2.60. The van der Waals surface area contributed by atoms with E-state index in [1.807, 2.05) is 30.3 Å². The number of amides is 2. The predicted octanol–water partition coefficient (Wildman–Crippen LogP) is 0.776. The zero-order chi connectivity index (χ0) is 20.2. The second-order valence-corrected chi connectivity index (χ2v) is 6.82. The summed E-state index contributed by atoms with van der Waals surface area (Å²) < 4.78 is 34.1. The Morgan fingerprint density at radius 3 is 2.50 bits per heavy atom. The number of fused-ring (bicyclic) bond motifs is 2. The minimum atomic E-state index is -1.83. The van der Waals surface area contributed by atoms with Gasteiger partial charge in [-0.2, -0.15) is 0 Å². The summed E-state index contributed by atoms with van der Waals surface area (Å²) in [6.07, 6.45) is -0.465. The van der Waals surface area contributed by atoms with E-state index in [1.165, 1.54) is 19.1 Å². The molecule has 1 aromatic carbocycles. The third-order valence-electron chi connectivity index (χ3n) is 5.35. The van der Waals surface area contributed by atoms with Gasteiger partial charge in [0.25, 0.3) is 0 Å². The zero-order valence-corrected chi connectivity index (χ0v) is 14.9. The summed E-state index contributed by atoms with van der Waals surface area (Å²) in [7, 11) is 2.84. The summed E-state index contributed by atoms with van der Waals surface area (Å²) in [5.74, 6) is -2.38. The molecule has 3 atom stereocenters. The van der Waals surface area contributed by atoms with Crippen molar-refractivity contribution in [3.05, 3.63) is 35.9 Å². The van der Waals surface area contributed by atoms with Crippen molar-refractivity contribution in [1.82, 2.24) is 9.80 Å². The summed E-state index contributed by atoms with van der Waals surface area (Å²) in [5.41, 5.74) is 0.978. The van der Waals surface area contributed by atoms with Crippen LogP contribution in [0.5, 0.6) is 0 Å². The van der Waals surface area contributed by atoms with Gasteiger partial charge in [-0.25, -0.2) is 0 Å². The molecule has 0 saturated carbocycles. The Morgan fingerprint density at radius 1 is 1.12 bits per heavy atom. The van der Waals surface area contributed by atoms with E-state index >= 15 is 0 Å². The van der Waals surface area contributed by atoms with Gasteiger partial charge in [0, 0.05) is 33.6 Å². The molecule has 3 heterocycles. The number of ether oxygens (including phenoxy) is 3. The van der Waals surface area contributed by atoms with Crippen LogP contribution in [0.1, 0.15) is 21.1 Å². The summed E-state index contributed by atoms with van der Waals surface area (Å²) >= 11 is 0. The highest BCUT2D eigenvalue weighted by Crippen LogP contribution is 2.38. The zero-order valence-electron chi connectivity index (χ0n) is 16.9. The van der Waals surface area contributed by atoms with Crippen molar-refractivity contribution in [3.8, 4) is 0 Å². The maximum atomic E-state index is 13.2. The molecule has 3 aliphatic heterocycles. The van der Waals surface area contributed by atoms with Gasteiger partial charge in [-0.15, -0.1) is 0 Å². The molecule has 1 aromatic rings. The summed E-state index contributed by atoms with van der Waals surface area (Å²) in [5, 5.41) is 0. The van der Waals surface area contributed by atoms with Gasteiger partial charge in [0.05, 0.1) is 22.0 Å². The number of nitrogens with zero attached hydrogens (tertiary/aromatic N) is 2. The molecular weight excluding hydrogens is 336 g/mol. The number of methoxy groups -OCH3 is 2. The predicted molar refractivity (Wildman–Crippen MR) is 92.0 cm³/mol. The maximum absolute atomic E-state index is 13.2. The van der Waals surface area contributed by atoms with E-state index in [4.69, 9.17) is 17.0 Å². The largest absolute Gasteiger partial charge is 0.372 e. The Kier molecular flexibility index (Phi) is 3.87.